The van der Waals surface area contributed by atoms with E-state index in [0.29, 0.717) is 41.5 Å². The predicted molar refractivity (Wildman–Crippen MR) is 134 cm³/mol. The van der Waals surface area contributed by atoms with Crippen molar-refractivity contribution in [2.75, 3.05) is 18.4 Å². The minimum absolute atomic E-state index is 0.401. The molecule has 0 aliphatic carbocycles. The molecule has 0 radical (unpaired) electrons. The summed E-state index contributed by atoms with van der Waals surface area (Å²) in [6.45, 7) is 1.37. The first-order valence-electron chi connectivity index (χ1n) is 11.4. The van der Waals surface area contributed by atoms with Crippen LogP contribution in [-0.4, -0.2) is 33.8 Å². The van der Waals surface area contributed by atoms with Gasteiger partial charge in [-0.2, -0.15) is 5.26 Å². The SMILES string of the molecule is N#Cc1cc(Nc2ncnc3ccc(C#CC4(O)CCCNC4)cc23)ccc1Oc1ccccc1. The van der Waals surface area contributed by atoms with Crippen LogP contribution in [0.15, 0.2) is 73.1 Å². The number of benzene rings is 3. The zero-order chi connectivity index (χ0) is 24.1. The van der Waals surface area contributed by atoms with Crippen molar-refractivity contribution in [3.05, 3.63) is 84.2 Å². The fraction of sp³-hybridized carbons (Fsp3) is 0.179. The number of β-amino-alcohol motifs (C(OH)–C–C–N with tert-alkyl or cyclic N) is 1. The summed E-state index contributed by atoms with van der Waals surface area (Å²) in [6, 6.07) is 22.5. The molecule has 1 saturated heterocycles. The molecule has 1 unspecified atom stereocenters. The van der Waals surface area contributed by atoms with Crippen LogP contribution in [0.25, 0.3) is 10.9 Å². The van der Waals surface area contributed by atoms with Crippen LogP contribution in [-0.2, 0) is 0 Å². The summed E-state index contributed by atoms with van der Waals surface area (Å²) in [6.07, 6.45) is 3.04. The molecular weight excluding hydrogens is 438 g/mol. The van der Waals surface area contributed by atoms with Gasteiger partial charge in [-0.1, -0.05) is 30.0 Å². The highest BCUT2D eigenvalue weighted by Gasteiger charge is 2.26. The first-order valence-corrected chi connectivity index (χ1v) is 11.4. The van der Waals surface area contributed by atoms with Gasteiger partial charge in [0.2, 0.25) is 0 Å². The molecule has 1 aromatic heterocycles. The van der Waals surface area contributed by atoms with Gasteiger partial charge >= 0.3 is 0 Å². The Balaban J connectivity index is 1.42. The summed E-state index contributed by atoms with van der Waals surface area (Å²) in [5, 5.41) is 27.6. The third kappa shape index (κ3) is 5.23. The van der Waals surface area contributed by atoms with Gasteiger partial charge in [0.1, 0.15) is 35.3 Å². The molecule has 3 aromatic carbocycles. The van der Waals surface area contributed by atoms with Crippen LogP contribution in [0.5, 0.6) is 11.5 Å². The molecule has 35 heavy (non-hydrogen) atoms. The van der Waals surface area contributed by atoms with Crippen LogP contribution in [0.1, 0.15) is 24.0 Å². The lowest BCUT2D eigenvalue weighted by molar-refractivity contribution is 0.0736. The number of rotatable bonds is 4. The van der Waals surface area contributed by atoms with Crippen LogP contribution in [0.3, 0.4) is 0 Å². The predicted octanol–water partition coefficient (Wildman–Crippen LogP) is 4.50. The second kappa shape index (κ2) is 9.82. The van der Waals surface area contributed by atoms with Crippen molar-refractivity contribution in [2.45, 2.75) is 18.4 Å². The minimum atomic E-state index is -1.02. The fourth-order valence-electron chi connectivity index (χ4n) is 3.95. The number of para-hydroxylation sites is 1. The molecule has 0 spiro atoms. The van der Waals surface area contributed by atoms with E-state index in [0.717, 1.165) is 29.4 Å². The number of aromatic nitrogens is 2. The first kappa shape index (κ1) is 22.4. The Labute approximate surface area is 203 Å². The van der Waals surface area contributed by atoms with Crippen molar-refractivity contribution in [3.8, 4) is 29.4 Å². The molecule has 172 valence electrons. The third-order valence-corrected chi connectivity index (χ3v) is 5.77. The maximum Gasteiger partial charge on any atom is 0.145 e. The van der Waals surface area contributed by atoms with E-state index in [4.69, 9.17) is 4.74 Å². The van der Waals surface area contributed by atoms with Crippen molar-refractivity contribution in [2.24, 2.45) is 0 Å². The summed E-state index contributed by atoms with van der Waals surface area (Å²) in [4.78, 5) is 8.76. The molecule has 4 aromatic rings. The van der Waals surface area contributed by atoms with E-state index in [-0.39, 0.29) is 0 Å². The van der Waals surface area contributed by atoms with E-state index in [1.54, 1.807) is 12.1 Å². The normalized spacial score (nSPS) is 17.1. The monoisotopic (exact) mass is 461 g/mol. The topological polar surface area (TPSA) is 103 Å². The van der Waals surface area contributed by atoms with Crippen LogP contribution in [0.2, 0.25) is 0 Å². The molecular formula is C28H23N5O2. The number of hydrogen-bond acceptors (Lipinski definition) is 7. The van der Waals surface area contributed by atoms with Crippen molar-refractivity contribution in [1.29, 1.82) is 5.26 Å². The average molecular weight is 462 g/mol. The van der Waals surface area contributed by atoms with Gasteiger partial charge in [-0.05, 0) is 67.9 Å². The fourth-order valence-corrected chi connectivity index (χ4v) is 3.95. The molecule has 7 nitrogen and oxygen atoms in total. The van der Waals surface area contributed by atoms with Gasteiger partial charge in [-0.3, -0.25) is 0 Å². The summed E-state index contributed by atoms with van der Waals surface area (Å²) in [5.74, 6) is 7.86. The first-order chi connectivity index (χ1) is 17.1. The highest BCUT2D eigenvalue weighted by molar-refractivity contribution is 5.91. The zero-order valence-corrected chi connectivity index (χ0v) is 19.0. The number of nitrogens with one attached hydrogen (secondary N) is 2. The molecule has 0 amide bonds. The molecule has 0 saturated carbocycles. The lowest BCUT2D eigenvalue weighted by atomic mass is 9.94. The number of nitriles is 1. The molecule has 2 heterocycles. The number of hydrogen-bond donors (Lipinski definition) is 3. The van der Waals surface area contributed by atoms with E-state index in [1.165, 1.54) is 6.33 Å². The lowest BCUT2D eigenvalue weighted by Gasteiger charge is -2.27. The van der Waals surface area contributed by atoms with Gasteiger partial charge in [0, 0.05) is 23.2 Å². The Morgan fingerprint density at radius 2 is 1.94 bits per heavy atom. The molecule has 0 bridgehead atoms. The average Bonchev–Trinajstić information content (AvgIpc) is 2.89. The molecule has 1 aliphatic heterocycles. The van der Waals surface area contributed by atoms with Crippen molar-refractivity contribution >= 4 is 22.4 Å². The van der Waals surface area contributed by atoms with Crippen LogP contribution < -0.4 is 15.4 Å². The van der Waals surface area contributed by atoms with E-state index in [9.17, 15) is 10.4 Å². The molecule has 7 heteroatoms. The molecule has 5 rings (SSSR count). The number of aliphatic hydroxyl groups is 1. The van der Waals surface area contributed by atoms with Crippen LogP contribution in [0, 0.1) is 23.2 Å². The van der Waals surface area contributed by atoms with Gasteiger partial charge < -0.3 is 20.5 Å². The summed E-state index contributed by atoms with van der Waals surface area (Å²) >= 11 is 0. The quantitative estimate of drug-likeness (QED) is 0.385. The Hall–Kier alpha value is -4.43. The largest absolute Gasteiger partial charge is 0.456 e. The molecule has 1 atom stereocenters. The van der Waals surface area contributed by atoms with Gasteiger partial charge in [0.25, 0.3) is 0 Å². The molecule has 1 aliphatic rings. The van der Waals surface area contributed by atoms with Gasteiger partial charge in [0.15, 0.2) is 0 Å². The Morgan fingerprint density at radius 1 is 1.06 bits per heavy atom. The maximum absolute atomic E-state index is 10.7. The minimum Gasteiger partial charge on any atom is -0.456 e. The second-order valence-corrected chi connectivity index (χ2v) is 8.38. The van der Waals surface area contributed by atoms with Crippen LogP contribution in [0.4, 0.5) is 11.5 Å². The Bertz CT molecular complexity index is 1460. The highest BCUT2D eigenvalue weighted by atomic mass is 16.5. The molecule has 3 N–H and O–H groups in total. The number of piperidine rings is 1. The number of nitrogens with zero attached hydrogens (tertiary/aromatic N) is 3. The second-order valence-electron chi connectivity index (χ2n) is 8.38. The Kier molecular flexibility index (Phi) is 6.28. The van der Waals surface area contributed by atoms with Gasteiger partial charge in [-0.15, -0.1) is 0 Å². The highest BCUT2D eigenvalue weighted by Crippen LogP contribution is 2.30. The van der Waals surface area contributed by atoms with E-state index in [1.807, 2.05) is 54.6 Å². The van der Waals surface area contributed by atoms with E-state index in [2.05, 4.69) is 38.5 Å². The summed E-state index contributed by atoms with van der Waals surface area (Å²) in [5.41, 5.74) is 1.60. The van der Waals surface area contributed by atoms with Crippen molar-refractivity contribution in [3.63, 3.8) is 0 Å². The molecule has 1 fully saturated rings. The Morgan fingerprint density at radius 3 is 2.74 bits per heavy atom. The smallest absolute Gasteiger partial charge is 0.145 e. The standard InChI is InChI=1S/C28H23N5O2/c29-17-21-16-22(8-10-26(21)35-23-5-2-1-3-6-23)33-27-24-15-20(7-9-25(24)31-19-32-27)11-13-28(34)12-4-14-30-18-28/h1-3,5-10,15-16,19,30,34H,4,12,14,18H2,(H,31,32,33). The van der Waals surface area contributed by atoms with Crippen LogP contribution >= 0.6 is 0 Å². The zero-order valence-electron chi connectivity index (χ0n) is 19.0. The maximum atomic E-state index is 10.7. The third-order valence-electron chi connectivity index (χ3n) is 5.77. The van der Waals surface area contributed by atoms with Gasteiger partial charge in [-0.25, -0.2) is 9.97 Å². The number of fused-ring (bicyclic) bond motifs is 1. The van der Waals surface area contributed by atoms with E-state index < -0.39 is 5.60 Å². The summed E-state index contributed by atoms with van der Waals surface area (Å²) < 4.78 is 5.86. The van der Waals surface area contributed by atoms with Crippen molar-refractivity contribution in [1.82, 2.24) is 15.3 Å². The van der Waals surface area contributed by atoms with Crippen molar-refractivity contribution < 1.29 is 9.84 Å². The number of anilines is 2. The van der Waals surface area contributed by atoms with E-state index >= 15 is 0 Å². The lowest BCUT2D eigenvalue weighted by Crippen LogP contribution is -2.44. The van der Waals surface area contributed by atoms with Gasteiger partial charge in [0.05, 0.1) is 11.1 Å². The summed E-state index contributed by atoms with van der Waals surface area (Å²) in [7, 11) is 0. The number of ether oxygens (including phenoxy) is 1.